The molecule has 10 heteroatoms. The number of benzene rings is 1. The van der Waals surface area contributed by atoms with Gasteiger partial charge in [-0.05, 0) is 24.1 Å². The number of fused-ring (bicyclic) bond motifs is 1. The standard InChI is InChI=1S/C19H25N7O3/c1-25(2)19-23-17(29-24-19)11-6-5-7-26(10-11)18-21-13-9-15(28-4)14(27-3)8-12(13)16(20)22-18/h8-9,11H,5-7,10H2,1-4H3,(H2,20,21,22)/t11-/m0/s1. The molecule has 0 unspecified atom stereocenters. The molecular formula is C19H25N7O3. The molecule has 3 heterocycles. The largest absolute Gasteiger partial charge is 0.493 e. The average Bonchev–Trinajstić information content (AvgIpc) is 3.23. The molecule has 154 valence electrons. The number of methoxy groups -OCH3 is 2. The van der Waals surface area contributed by atoms with Gasteiger partial charge in [0.05, 0.1) is 25.7 Å². The van der Waals surface area contributed by atoms with Gasteiger partial charge in [-0.1, -0.05) is 0 Å². The van der Waals surface area contributed by atoms with Gasteiger partial charge < -0.3 is 29.5 Å². The first-order valence-corrected chi connectivity index (χ1v) is 9.45. The van der Waals surface area contributed by atoms with Crippen molar-refractivity contribution < 1.29 is 14.0 Å². The van der Waals surface area contributed by atoms with Crippen molar-refractivity contribution in [1.29, 1.82) is 0 Å². The van der Waals surface area contributed by atoms with E-state index >= 15 is 0 Å². The number of hydrogen-bond acceptors (Lipinski definition) is 10. The summed E-state index contributed by atoms with van der Waals surface area (Å²) in [7, 11) is 6.95. The lowest BCUT2D eigenvalue weighted by molar-refractivity contribution is 0.332. The van der Waals surface area contributed by atoms with Gasteiger partial charge in [-0.3, -0.25) is 0 Å². The van der Waals surface area contributed by atoms with Crippen molar-refractivity contribution in [1.82, 2.24) is 20.1 Å². The molecule has 1 aromatic carbocycles. The van der Waals surface area contributed by atoms with Crippen LogP contribution in [-0.4, -0.2) is 61.5 Å². The third-order valence-electron chi connectivity index (χ3n) is 5.10. The first-order chi connectivity index (χ1) is 14.0. The molecule has 1 saturated heterocycles. The summed E-state index contributed by atoms with van der Waals surface area (Å²) in [4.78, 5) is 17.7. The first kappa shape index (κ1) is 19.0. The molecule has 0 aliphatic carbocycles. The zero-order chi connectivity index (χ0) is 20.5. The fourth-order valence-corrected chi connectivity index (χ4v) is 3.54. The smallest absolute Gasteiger partial charge is 0.265 e. The van der Waals surface area contributed by atoms with E-state index in [0.29, 0.717) is 47.2 Å². The summed E-state index contributed by atoms with van der Waals surface area (Å²) in [6.07, 6.45) is 1.94. The van der Waals surface area contributed by atoms with Crippen molar-refractivity contribution in [2.75, 3.05) is 56.9 Å². The van der Waals surface area contributed by atoms with Gasteiger partial charge in [0.1, 0.15) is 5.82 Å². The van der Waals surface area contributed by atoms with E-state index in [9.17, 15) is 0 Å². The monoisotopic (exact) mass is 399 g/mol. The SMILES string of the molecule is COc1cc2nc(N3CCC[C@H](c4nc(N(C)C)no4)C3)nc(N)c2cc1OC. The van der Waals surface area contributed by atoms with Crippen molar-refractivity contribution >= 4 is 28.6 Å². The molecule has 2 aromatic heterocycles. The van der Waals surface area contributed by atoms with Crippen LogP contribution in [0.4, 0.5) is 17.7 Å². The summed E-state index contributed by atoms with van der Waals surface area (Å²) in [6, 6.07) is 3.62. The second-order valence-electron chi connectivity index (χ2n) is 7.25. The Labute approximate surface area is 168 Å². The Morgan fingerprint density at radius 3 is 2.59 bits per heavy atom. The summed E-state index contributed by atoms with van der Waals surface area (Å²) in [5, 5.41) is 4.75. The number of nitrogen functional groups attached to an aromatic ring is 1. The molecule has 1 aliphatic heterocycles. The molecule has 0 bridgehead atoms. The van der Waals surface area contributed by atoms with Crippen molar-refractivity contribution in [2.24, 2.45) is 0 Å². The lowest BCUT2D eigenvalue weighted by Gasteiger charge is -2.31. The third kappa shape index (κ3) is 3.57. The summed E-state index contributed by atoms with van der Waals surface area (Å²) < 4.78 is 16.2. The van der Waals surface area contributed by atoms with E-state index in [2.05, 4.69) is 20.0 Å². The summed E-state index contributed by atoms with van der Waals surface area (Å²) >= 11 is 0. The Kier molecular flexibility index (Phi) is 4.99. The predicted molar refractivity (Wildman–Crippen MR) is 110 cm³/mol. The van der Waals surface area contributed by atoms with Crippen LogP contribution in [0.2, 0.25) is 0 Å². The molecule has 0 saturated carbocycles. The molecule has 2 N–H and O–H groups in total. The van der Waals surface area contributed by atoms with Crippen LogP contribution >= 0.6 is 0 Å². The summed E-state index contributed by atoms with van der Waals surface area (Å²) in [6.45, 7) is 1.52. The first-order valence-electron chi connectivity index (χ1n) is 9.45. The van der Waals surface area contributed by atoms with E-state index in [1.54, 1.807) is 20.3 Å². The van der Waals surface area contributed by atoms with Crippen LogP contribution in [-0.2, 0) is 0 Å². The van der Waals surface area contributed by atoms with Crippen LogP contribution in [0.15, 0.2) is 16.7 Å². The number of ether oxygens (including phenoxy) is 2. The van der Waals surface area contributed by atoms with Crippen molar-refractivity contribution in [2.45, 2.75) is 18.8 Å². The van der Waals surface area contributed by atoms with Gasteiger partial charge in [0.15, 0.2) is 11.5 Å². The third-order valence-corrected chi connectivity index (χ3v) is 5.10. The number of hydrogen-bond donors (Lipinski definition) is 1. The zero-order valence-corrected chi connectivity index (χ0v) is 17.0. The maximum Gasteiger partial charge on any atom is 0.265 e. The highest BCUT2D eigenvalue weighted by Gasteiger charge is 2.28. The Morgan fingerprint density at radius 1 is 1.14 bits per heavy atom. The number of anilines is 3. The quantitative estimate of drug-likeness (QED) is 0.683. The van der Waals surface area contributed by atoms with Crippen LogP contribution in [0.3, 0.4) is 0 Å². The fourth-order valence-electron chi connectivity index (χ4n) is 3.54. The lowest BCUT2D eigenvalue weighted by Crippen LogP contribution is -2.35. The van der Waals surface area contributed by atoms with Crippen LogP contribution < -0.4 is 25.0 Å². The topological polar surface area (TPSA) is 116 Å². The maximum absolute atomic E-state index is 6.24. The maximum atomic E-state index is 6.24. The molecule has 1 fully saturated rings. The predicted octanol–water partition coefficient (Wildman–Crippen LogP) is 2.06. The van der Waals surface area contributed by atoms with Gasteiger partial charge in [0.2, 0.25) is 11.8 Å². The van der Waals surface area contributed by atoms with Gasteiger partial charge >= 0.3 is 0 Å². The van der Waals surface area contributed by atoms with Gasteiger partial charge in [-0.25, -0.2) is 4.98 Å². The van der Waals surface area contributed by atoms with E-state index < -0.39 is 0 Å². The van der Waals surface area contributed by atoms with Gasteiger partial charge in [0, 0.05) is 38.6 Å². The fraction of sp³-hybridized carbons (Fsp3) is 0.474. The van der Waals surface area contributed by atoms with E-state index in [1.807, 2.05) is 25.1 Å². The lowest BCUT2D eigenvalue weighted by atomic mass is 9.98. The highest BCUT2D eigenvalue weighted by atomic mass is 16.5. The molecule has 0 amide bonds. The number of rotatable bonds is 5. The zero-order valence-electron chi connectivity index (χ0n) is 17.0. The van der Waals surface area contributed by atoms with Gasteiger partial charge in [0.25, 0.3) is 5.95 Å². The van der Waals surface area contributed by atoms with E-state index in [0.717, 1.165) is 24.8 Å². The Balaban J connectivity index is 1.64. The average molecular weight is 399 g/mol. The van der Waals surface area contributed by atoms with E-state index in [1.165, 1.54) is 0 Å². The molecular weight excluding hydrogens is 374 g/mol. The Morgan fingerprint density at radius 2 is 1.90 bits per heavy atom. The summed E-state index contributed by atoms with van der Waals surface area (Å²) in [5.74, 6) is 3.51. The van der Waals surface area contributed by atoms with Gasteiger partial charge in [-0.2, -0.15) is 9.97 Å². The number of piperidine rings is 1. The van der Waals surface area contributed by atoms with Crippen molar-refractivity contribution in [3.63, 3.8) is 0 Å². The highest BCUT2D eigenvalue weighted by molar-refractivity contribution is 5.91. The number of aromatic nitrogens is 4. The minimum absolute atomic E-state index is 0.121. The molecule has 3 aromatic rings. The normalized spacial score (nSPS) is 16.8. The molecule has 4 rings (SSSR count). The summed E-state index contributed by atoms with van der Waals surface area (Å²) in [5.41, 5.74) is 6.95. The highest BCUT2D eigenvalue weighted by Crippen LogP contribution is 2.35. The molecule has 29 heavy (non-hydrogen) atoms. The van der Waals surface area contributed by atoms with Crippen LogP contribution in [0.1, 0.15) is 24.7 Å². The van der Waals surface area contributed by atoms with E-state index in [4.69, 9.17) is 24.7 Å². The Hall–Kier alpha value is -3.30. The molecule has 10 nitrogen and oxygen atoms in total. The second kappa shape index (κ2) is 7.61. The number of nitrogens with two attached hydrogens (primary N) is 1. The number of nitrogens with zero attached hydrogens (tertiary/aromatic N) is 6. The van der Waals surface area contributed by atoms with Crippen molar-refractivity contribution in [3.8, 4) is 11.5 Å². The van der Waals surface area contributed by atoms with Gasteiger partial charge in [-0.15, -0.1) is 0 Å². The minimum atomic E-state index is 0.121. The second-order valence-corrected chi connectivity index (χ2v) is 7.25. The Bertz CT molecular complexity index is 1020. The molecule has 0 radical (unpaired) electrons. The van der Waals surface area contributed by atoms with Crippen LogP contribution in [0.25, 0.3) is 10.9 Å². The van der Waals surface area contributed by atoms with E-state index in [-0.39, 0.29) is 5.92 Å². The van der Waals surface area contributed by atoms with Crippen LogP contribution in [0, 0.1) is 0 Å². The van der Waals surface area contributed by atoms with Crippen molar-refractivity contribution in [3.05, 3.63) is 18.0 Å². The van der Waals surface area contributed by atoms with Crippen LogP contribution in [0.5, 0.6) is 11.5 Å². The molecule has 0 spiro atoms. The minimum Gasteiger partial charge on any atom is -0.493 e. The molecule has 1 aliphatic rings. The molecule has 1 atom stereocenters.